The Morgan fingerprint density at radius 2 is 1.83 bits per heavy atom. The van der Waals surface area contributed by atoms with Gasteiger partial charge in [0, 0.05) is 18.8 Å². The zero-order valence-electron chi connectivity index (χ0n) is 12.1. The standard InChI is InChI=1S/C14H12F3N3O4/c15-14(16,17)24-10-3-1-9(2-4-10)7-18-12(22)8-20-6-5-11(21)19-13(20)23/h1-6H,7-8H2,(H,18,22)(H,19,21,23). The van der Waals surface area contributed by atoms with E-state index < -0.39 is 23.5 Å². The van der Waals surface area contributed by atoms with Gasteiger partial charge in [-0.2, -0.15) is 0 Å². The van der Waals surface area contributed by atoms with E-state index in [1.807, 2.05) is 4.98 Å². The molecular weight excluding hydrogens is 331 g/mol. The molecule has 1 heterocycles. The molecule has 0 aliphatic carbocycles. The first-order valence-electron chi connectivity index (χ1n) is 6.64. The molecule has 0 unspecified atom stereocenters. The lowest BCUT2D eigenvalue weighted by Crippen LogP contribution is -2.35. The quantitative estimate of drug-likeness (QED) is 0.838. The molecule has 2 aromatic rings. The average molecular weight is 343 g/mol. The minimum absolute atomic E-state index is 0.0588. The molecule has 0 aliphatic rings. The van der Waals surface area contributed by atoms with Crippen molar-refractivity contribution in [3.63, 3.8) is 0 Å². The number of ether oxygens (including phenoxy) is 1. The highest BCUT2D eigenvalue weighted by Gasteiger charge is 2.30. The lowest BCUT2D eigenvalue weighted by atomic mass is 10.2. The number of rotatable bonds is 5. The third kappa shape index (κ3) is 5.30. The number of H-pyrrole nitrogens is 1. The summed E-state index contributed by atoms with van der Waals surface area (Å²) in [6.07, 6.45) is -3.58. The Labute approximate surface area is 132 Å². The zero-order chi connectivity index (χ0) is 17.7. The minimum Gasteiger partial charge on any atom is -0.406 e. The smallest absolute Gasteiger partial charge is 0.406 e. The third-order valence-electron chi connectivity index (χ3n) is 2.86. The maximum Gasteiger partial charge on any atom is 0.573 e. The van der Waals surface area contributed by atoms with Gasteiger partial charge in [-0.25, -0.2) is 4.79 Å². The van der Waals surface area contributed by atoms with E-state index in [1.165, 1.54) is 18.3 Å². The summed E-state index contributed by atoms with van der Waals surface area (Å²) >= 11 is 0. The van der Waals surface area contributed by atoms with Gasteiger partial charge in [-0.05, 0) is 17.7 Å². The van der Waals surface area contributed by atoms with Crippen molar-refractivity contribution in [3.8, 4) is 5.75 Å². The molecular formula is C14H12F3N3O4. The van der Waals surface area contributed by atoms with Gasteiger partial charge in [0.2, 0.25) is 5.91 Å². The van der Waals surface area contributed by atoms with E-state index in [9.17, 15) is 27.6 Å². The summed E-state index contributed by atoms with van der Waals surface area (Å²) < 4.78 is 40.8. The topological polar surface area (TPSA) is 93.2 Å². The maximum absolute atomic E-state index is 12.0. The van der Waals surface area contributed by atoms with E-state index >= 15 is 0 Å². The van der Waals surface area contributed by atoms with Crippen LogP contribution in [-0.2, 0) is 17.9 Å². The van der Waals surface area contributed by atoms with Crippen LogP contribution in [0, 0.1) is 0 Å². The van der Waals surface area contributed by atoms with Gasteiger partial charge in [0.05, 0.1) is 0 Å². The number of carbonyl (C=O) groups excluding carboxylic acids is 1. The molecule has 10 heteroatoms. The minimum atomic E-state index is -4.76. The number of aromatic nitrogens is 2. The van der Waals surface area contributed by atoms with Crippen molar-refractivity contribution >= 4 is 5.91 Å². The fraction of sp³-hybridized carbons (Fsp3) is 0.214. The third-order valence-corrected chi connectivity index (χ3v) is 2.86. The molecule has 0 saturated heterocycles. The van der Waals surface area contributed by atoms with Crippen molar-refractivity contribution < 1.29 is 22.7 Å². The van der Waals surface area contributed by atoms with Gasteiger partial charge in [-0.15, -0.1) is 13.2 Å². The molecule has 1 aromatic carbocycles. The molecule has 0 fully saturated rings. The van der Waals surface area contributed by atoms with E-state index in [4.69, 9.17) is 0 Å². The van der Waals surface area contributed by atoms with Crippen molar-refractivity contribution in [2.45, 2.75) is 19.5 Å². The number of hydrogen-bond acceptors (Lipinski definition) is 4. The second kappa shape index (κ2) is 7.02. The van der Waals surface area contributed by atoms with Crippen LogP contribution < -0.4 is 21.3 Å². The van der Waals surface area contributed by atoms with Gasteiger partial charge in [-0.1, -0.05) is 12.1 Å². The van der Waals surface area contributed by atoms with Gasteiger partial charge >= 0.3 is 12.1 Å². The Morgan fingerprint density at radius 3 is 2.42 bits per heavy atom. The fourth-order valence-electron chi connectivity index (χ4n) is 1.79. The Hall–Kier alpha value is -3.04. The van der Waals surface area contributed by atoms with Crippen LogP contribution in [0.1, 0.15) is 5.56 Å². The predicted octanol–water partition coefficient (Wildman–Crippen LogP) is 0.752. The fourth-order valence-corrected chi connectivity index (χ4v) is 1.79. The van der Waals surface area contributed by atoms with Crippen LogP contribution in [0.4, 0.5) is 13.2 Å². The summed E-state index contributed by atoms with van der Waals surface area (Å²) in [5.41, 5.74) is -0.740. The van der Waals surface area contributed by atoms with Crippen molar-refractivity contribution in [2.24, 2.45) is 0 Å². The Balaban J connectivity index is 1.89. The van der Waals surface area contributed by atoms with E-state index in [0.29, 0.717) is 5.56 Å². The number of benzene rings is 1. The first-order chi connectivity index (χ1) is 11.2. The zero-order valence-corrected chi connectivity index (χ0v) is 12.1. The first-order valence-corrected chi connectivity index (χ1v) is 6.64. The second-order valence-electron chi connectivity index (χ2n) is 4.71. The predicted molar refractivity (Wildman–Crippen MR) is 76.3 cm³/mol. The monoisotopic (exact) mass is 343 g/mol. The first kappa shape index (κ1) is 17.3. The highest BCUT2D eigenvalue weighted by atomic mass is 19.4. The van der Waals surface area contributed by atoms with Gasteiger partial charge in [-0.3, -0.25) is 19.1 Å². The number of nitrogens with one attached hydrogen (secondary N) is 2. The number of carbonyl (C=O) groups is 1. The number of amides is 1. The molecule has 1 aromatic heterocycles. The van der Waals surface area contributed by atoms with Crippen LogP contribution in [-0.4, -0.2) is 21.8 Å². The molecule has 7 nitrogen and oxygen atoms in total. The summed E-state index contributed by atoms with van der Waals surface area (Å²) in [5, 5.41) is 2.50. The van der Waals surface area contributed by atoms with Crippen LogP contribution in [0.3, 0.4) is 0 Å². The van der Waals surface area contributed by atoms with Crippen molar-refractivity contribution in [3.05, 3.63) is 62.9 Å². The van der Waals surface area contributed by atoms with Crippen LogP contribution in [0.25, 0.3) is 0 Å². The van der Waals surface area contributed by atoms with Crippen molar-refractivity contribution in [1.82, 2.24) is 14.9 Å². The summed E-state index contributed by atoms with van der Waals surface area (Å²) in [7, 11) is 0. The number of nitrogens with zero attached hydrogens (tertiary/aromatic N) is 1. The molecule has 1 amide bonds. The molecule has 2 N–H and O–H groups in total. The molecule has 0 bridgehead atoms. The van der Waals surface area contributed by atoms with Crippen LogP contribution >= 0.6 is 0 Å². The van der Waals surface area contributed by atoms with E-state index in [-0.39, 0.29) is 18.8 Å². The molecule has 2 rings (SSSR count). The molecule has 0 radical (unpaired) electrons. The Morgan fingerprint density at radius 1 is 1.17 bits per heavy atom. The van der Waals surface area contributed by atoms with E-state index in [2.05, 4.69) is 10.1 Å². The van der Waals surface area contributed by atoms with Gasteiger partial charge in [0.15, 0.2) is 0 Å². The number of aromatic amines is 1. The summed E-state index contributed by atoms with van der Waals surface area (Å²) in [6.45, 7) is -0.242. The van der Waals surface area contributed by atoms with Crippen LogP contribution in [0.5, 0.6) is 5.75 Å². The molecule has 0 atom stereocenters. The van der Waals surface area contributed by atoms with E-state index in [0.717, 1.165) is 22.8 Å². The molecule has 128 valence electrons. The van der Waals surface area contributed by atoms with Crippen molar-refractivity contribution in [2.75, 3.05) is 0 Å². The molecule has 0 saturated carbocycles. The highest BCUT2D eigenvalue weighted by molar-refractivity contribution is 5.75. The maximum atomic E-state index is 12.0. The van der Waals surface area contributed by atoms with E-state index in [1.54, 1.807) is 0 Å². The number of alkyl halides is 3. The SMILES string of the molecule is O=C(Cn1ccc(=O)[nH]c1=O)NCc1ccc(OC(F)(F)F)cc1. The summed E-state index contributed by atoms with van der Waals surface area (Å²) in [4.78, 5) is 36.1. The van der Waals surface area contributed by atoms with Crippen LogP contribution in [0.15, 0.2) is 46.1 Å². The molecule has 0 spiro atoms. The van der Waals surface area contributed by atoms with Gasteiger partial charge in [0.1, 0.15) is 12.3 Å². The molecule has 24 heavy (non-hydrogen) atoms. The lowest BCUT2D eigenvalue weighted by Gasteiger charge is -2.10. The average Bonchev–Trinajstić information content (AvgIpc) is 2.48. The lowest BCUT2D eigenvalue weighted by molar-refractivity contribution is -0.274. The van der Waals surface area contributed by atoms with Crippen LogP contribution in [0.2, 0.25) is 0 Å². The normalized spacial score (nSPS) is 11.1. The van der Waals surface area contributed by atoms with Crippen molar-refractivity contribution in [1.29, 1.82) is 0 Å². The number of hydrogen-bond donors (Lipinski definition) is 2. The largest absolute Gasteiger partial charge is 0.573 e. The van der Waals surface area contributed by atoms with Gasteiger partial charge in [0.25, 0.3) is 5.56 Å². The summed E-state index contributed by atoms with van der Waals surface area (Å²) in [5.74, 6) is -0.864. The number of halogens is 3. The highest BCUT2D eigenvalue weighted by Crippen LogP contribution is 2.22. The second-order valence-corrected chi connectivity index (χ2v) is 4.71. The summed E-state index contributed by atoms with van der Waals surface area (Å²) in [6, 6.07) is 6.10. The van der Waals surface area contributed by atoms with Gasteiger partial charge < -0.3 is 10.1 Å². The molecule has 0 aliphatic heterocycles. The Kier molecular flexibility index (Phi) is 5.07. The Bertz CT molecular complexity index is 825.